The van der Waals surface area contributed by atoms with Gasteiger partial charge in [-0.2, -0.15) is 4.98 Å². The lowest BCUT2D eigenvalue weighted by Crippen LogP contribution is -2.43. The molecule has 0 unspecified atom stereocenters. The van der Waals surface area contributed by atoms with E-state index in [0.29, 0.717) is 0 Å². The van der Waals surface area contributed by atoms with Crippen molar-refractivity contribution >= 4 is 5.82 Å². The Labute approximate surface area is 122 Å². The number of halogens is 1. The molecule has 1 saturated heterocycles. The Morgan fingerprint density at radius 3 is 3.05 bits per heavy atom. The molecule has 3 N–H and O–H groups in total. The van der Waals surface area contributed by atoms with Crippen LogP contribution in [0.5, 0.6) is 0 Å². The van der Waals surface area contributed by atoms with Gasteiger partial charge in [0.1, 0.15) is 6.10 Å². The van der Waals surface area contributed by atoms with Crippen LogP contribution in [0.2, 0.25) is 0 Å². The van der Waals surface area contributed by atoms with E-state index >= 15 is 0 Å². The molecule has 0 bridgehead atoms. The van der Waals surface area contributed by atoms with Crippen molar-refractivity contribution in [2.75, 3.05) is 19.2 Å². The fourth-order valence-corrected chi connectivity index (χ4v) is 2.05. The van der Waals surface area contributed by atoms with Gasteiger partial charge in [-0.25, -0.2) is 14.7 Å². The number of hydrogen-bond acceptors (Lipinski definition) is 8. The van der Waals surface area contributed by atoms with Crippen LogP contribution in [0, 0.1) is 0 Å². The minimum absolute atomic E-state index is 0.0844. The van der Waals surface area contributed by atoms with Gasteiger partial charge in [-0.3, -0.25) is 9.40 Å². The summed E-state index contributed by atoms with van der Waals surface area (Å²) in [4.78, 5) is 22.4. The number of anilines is 1. The van der Waals surface area contributed by atoms with Crippen molar-refractivity contribution in [3.05, 3.63) is 33.2 Å². The van der Waals surface area contributed by atoms with Crippen molar-refractivity contribution < 1.29 is 24.2 Å². The first kappa shape index (κ1) is 16.1. The van der Waals surface area contributed by atoms with Gasteiger partial charge in [0.15, 0.2) is 18.2 Å². The van der Waals surface area contributed by atoms with E-state index in [4.69, 9.17) is 10.3 Å². The van der Waals surface area contributed by atoms with Crippen LogP contribution in [0.4, 0.5) is 10.2 Å². The largest absolute Gasteiger partial charge is 0.393 e. The van der Waals surface area contributed by atoms with E-state index < -0.39 is 36.5 Å². The average molecular weight is 316 g/mol. The molecule has 2 rings (SSSR count). The minimum Gasteiger partial charge on any atom is -0.393 e. The van der Waals surface area contributed by atoms with Crippen molar-refractivity contribution in [3.8, 4) is 0 Å². The Bertz CT molecular complexity index is 649. The zero-order valence-electron chi connectivity index (χ0n) is 11.3. The van der Waals surface area contributed by atoms with Gasteiger partial charge < -0.3 is 14.9 Å². The predicted molar refractivity (Wildman–Crippen MR) is 69.1 cm³/mol. The standard InChI is InChI=1S/C10H13FN6O5/c1-21-14-5-2-3-17(9(20)13-5)8-6(11)7(19)10(4-18,22-8)15-16-12/h2-3,6-8,18-19H,4H2,1H3,(H,13,14,20)/t6-,7-,8+,10+/m0/s1. The highest BCUT2D eigenvalue weighted by atomic mass is 19.1. The molecule has 1 fully saturated rings. The van der Waals surface area contributed by atoms with Crippen LogP contribution < -0.4 is 11.2 Å². The Morgan fingerprint density at radius 2 is 2.50 bits per heavy atom. The molecule has 1 aromatic heterocycles. The van der Waals surface area contributed by atoms with Crippen LogP contribution in [0.15, 0.2) is 22.2 Å². The predicted octanol–water partition coefficient (Wildman–Crippen LogP) is -0.557. The third-order valence-corrected chi connectivity index (χ3v) is 3.11. The van der Waals surface area contributed by atoms with Crippen LogP contribution in [0.25, 0.3) is 10.4 Å². The van der Waals surface area contributed by atoms with Gasteiger partial charge in [-0.15, -0.1) is 0 Å². The van der Waals surface area contributed by atoms with E-state index in [9.17, 15) is 19.4 Å². The average Bonchev–Trinajstić information content (AvgIpc) is 2.74. The molecule has 1 aliphatic heterocycles. The van der Waals surface area contributed by atoms with E-state index in [-0.39, 0.29) is 5.82 Å². The second kappa shape index (κ2) is 6.25. The summed E-state index contributed by atoms with van der Waals surface area (Å²) in [6.45, 7) is -0.958. The number of aliphatic hydroxyl groups excluding tert-OH is 2. The Morgan fingerprint density at radius 1 is 1.77 bits per heavy atom. The van der Waals surface area contributed by atoms with E-state index in [1.54, 1.807) is 0 Å². The minimum atomic E-state index is -2.21. The maximum Gasteiger partial charge on any atom is 0.351 e. The second-order valence-electron chi connectivity index (χ2n) is 4.40. The third-order valence-electron chi connectivity index (χ3n) is 3.11. The Balaban J connectivity index is 2.38. The molecule has 11 nitrogen and oxygen atoms in total. The normalized spacial score (nSPS) is 30.8. The topological polar surface area (TPSA) is 155 Å². The summed E-state index contributed by atoms with van der Waals surface area (Å²) in [5, 5.41) is 22.2. The van der Waals surface area contributed by atoms with Gasteiger partial charge in [-0.1, -0.05) is 5.11 Å². The first-order valence-corrected chi connectivity index (χ1v) is 6.04. The van der Waals surface area contributed by atoms with Crippen molar-refractivity contribution in [2.45, 2.75) is 24.2 Å². The molecule has 0 saturated carbocycles. The summed E-state index contributed by atoms with van der Waals surface area (Å²) in [6, 6.07) is 1.31. The quantitative estimate of drug-likeness (QED) is 0.285. The summed E-state index contributed by atoms with van der Waals surface area (Å²) >= 11 is 0. The molecule has 0 aromatic carbocycles. The highest BCUT2D eigenvalue weighted by molar-refractivity contribution is 5.28. The first-order valence-electron chi connectivity index (χ1n) is 6.04. The van der Waals surface area contributed by atoms with Gasteiger partial charge in [0.2, 0.25) is 5.72 Å². The second-order valence-corrected chi connectivity index (χ2v) is 4.40. The van der Waals surface area contributed by atoms with E-state index in [1.807, 2.05) is 0 Å². The lowest BCUT2D eigenvalue weighted by atomic mass is 10.1. The Hall–Kier alpha value is -2.24. The molecule has 120 valence electrons. The van der Waals surface area contributed by atoms with E-state index in [0.717, 1.165) is 10.8 Å². The highest BCUT2D eigenvalue weighted by Gasteiger charge is 2.56. The van der Waals surface area contributed by atoms with Crippen molar-refractivity contribution in [1.82, 2.24) is 9.55 Å². The molecule has 0 radical (unpaired) electrons. The van der Waals surface area contributed by atoms with Crippen LogP contribution in [0.1, 0.15) is 6.23 Å². The summed E-state index contributed by atoms with van der Waals surface area (Å²) in [5.41, 5.74) is 7.68. The SMILES string of the molecule is CONc1ccn([C@@H]2O[C@@](CO)(N=[N+]=[N-])[C@@H](O)[C@@H]2F)c(=O)n1. The number of aromatic nitrogens is 2. The van der Waals surface area contributed by atoms with Gasteiger partial charge >= 0.3 is 5.69 Å². The van der Waals surface area contributed by atoms with Crippen LogP contribution >= 0.6 is 0 Å². The van der Waals surface area contributed by atoms with E-state index in [1.165, 1.54) is 13.2 Å². The maximum atomic E-state index is 14.2. The number of hydrogen-bond donors (Lipinski definition) is 3. The zero-order valence-corrected chi connectivity index (χ0v) is 11.3. The van der Waals surface area contributed by atoms with Crippen molar-refractivity contribution in [3.63, 3.8) is 0 Å². The number of ether oxygens (including phenoxy) is 1. The van der Waals surface area contributed by atoms with Crippen molar-refractivity contribution in [1.29, 1.82) is 0 Å². The lowest BCUT2D eigenvalue weighted by molar-refractivity contribution is -0.124. The molecule has 0 amide bonds. The summed E-state index contributed by atoms with van der Waals surface area (Å²) in [7, 11) is 1.32. The molecule has 1 aromatic rings. The number of nitrogens with one attached hydrogen (secondary N) is 1. The maximum absolute atomic E-state index is 14.2. The summed E-state index contributed by atoms with van der Waals surface area (Å²) in [5.74, 6) is 0.0844. The highest BCUT2D eigenvalue weighted by Crippen LogP contribution is 2.39. The van der Waals surface area contributed by atoms with Crippen LogP contribution in [-0.2, 0) is 9.57 Å². The molecule has 2 heterocycles. The van der Waals surface area contributed by atoms with Gasteiger partial charge in [0, 0.05) is 11.1 Å². The monoisotopic (exact) mass is 316 g/mol. The lowest BCUT2D eigenvalue weighted by Gasteiger charge is -2.23. The number of nitrogens with zero attached hydrogens (tertiary/aromatic N) is 5. The summed E-state index contributed by atoms with van der Waals surface area (Å²) in [6.07, 6.45) is -4.51. The molecule has 4 atom stereocenters. The fourth-order valence-electron chi connectivity index (χ4n) is 2.05. The Kier molecular flexibility index (Phi) is 4.59. The molecular formula is C10H13FN6O5. The zero-order chi connectivity index (χ0) is 16.3. The molecule has 22 heavy (non-hydrogen) atoms. The molecular weight excluding hydrogens is 303 g/mol. The molecule has 1 aliphatic rings. The number of aliphatic hydroxyl groups is 2. The fraction of sp³-hybridized carbons (Fsp3) is 0.600. The smallest absolute Gasteiger partial charge is 0.351 e. The third kappa shape index (κ3) is 2.61. The summed E-state index contributed by atoms with van der Waals surface area (Å²) < 4.78 is 20.1. The number of rotatable bonds is 5. The van der Waals surface area contributed by atoms with Gasteiger partial charge in [-0.05, 0) is 11.6 Å². The molecule has 0 spiro atoms. The van der Waals surface area contributed by atoms with Crippen LogP contribution in [-0.4, -0.2) is 51.5 Å². The van der Waals surface area contributed by atoms with Crippen LogP contribution in [0.3, 0.4) is 0 Å². The number of azide groups is 1. The van der Waals surface area contributed by atoms with E-state index in [2.05, 4.69) is 25.3 Å². The molecule has 0 aliphatic carbocycles. The number of alkyl halides is 1. The molecule has 12 heteroatoms. The first-order chi connectivity index (χ1) is 10.5. The van der Waals surface area contributed by atoms with Gasteiger partial charge in [0.05, 0.1) is 13.7 Å². The van der Waals surface area contributed by atoms with Crippen molar-refractivity contribution in [2.24, 2.45) is 5.11 Å². The van der Waals surface area contributed by atoms with Gasteiger partial charge in [0.25, 0.3) is 0 Å².